The van der Waals surface area contributed by atoms with Gasteiger partial charge in [-0.1, -0.05) is 0 Å². The molecule has 0 aliphatic carbocycles. The molecular weight excluding hydrogens is 328 g/mol. The van der Waals surface area contributed by atoms with Crippen LogP contribution >= 0.6 is 20.6 Å². The summed E-state index contributed by atoms with van der Waals surface area (Å²) < 4.78 is 34.5. The molecule has 0 bridgehead atoms. The molecule has 0 unspecified atom stereocenters. The zero-order valence-electron chi connectivity index (χ0n) is 11.5. The number of benzene rings is 2. The summed E-state index contributed by atoms with van der Waals surface area (Å²) in [6.45, 7) is 0. The van der Waals surface area contributed by atoms with Crippen molar-refractivity contribution in [3.8, 4) is 11.5 Å². The van der Waals surface area contributed by atoms with Gasteiger partial charge >= 0.3 is 0 Å². The van der Waals surface area contributed by atoms with Gasteiger partial charge in [0.15, 0.2) is 0 Å². The maximum atomic E-state index is 12.2. The second-order valence-electron chi connectivity index (χ2n) is 3.96. The summed E-state index contributed by atoms with van der Waals surface area (Å²) in [7, 11) is 1.73. The summed E-state index contributed by atoms with van der Waals surface area (Å²) in [5.74, 6) is 1.36. The highest BCUT2D eigenvalue weighted by Gasteiger charge is 2.16. The number of ether oxygens (including phenoxy) is 2. The average molecular weight is 342 g/mol. The van der Waals surface area contributed by atoms with Crippen molar-refractivity contribution in [3.05, 3.63) is 48.5 Å². The highest BCUT2D eigenvalue weighted by Crippen LogP contribution is 2.39. The van der Waals surface area contributed by atoms with Crippen molar-refractivity contribution in [2.24, 2.45) is 0 Å². The monoisotopic (exact) mass is 342 g/mol. The molecule has 0 fully saturated rings. The minimum Gasteiger partial charge on any atom is -0.497 e. The van der Waals surface area contributed by atoms with Crippen LogP contribution in [-0.4, -0.2) is 22.6 Å². The summed E-state index contributed by atoms with van der Waals surface area (Å²) in [6.07, 6.45) is 0. The van der Waals surface area contributed by atoms with E-state index >= 15 is 0 Å². The lowest BCUT2D eigenvalue weighted by molar-refractivity contribution is 0.414. The number of methoxy groups -OCH3 is 2. The molecule has 0 saturated heterocycles. The SMILES string of the molecule is COc1ccc(SSS(=O)(=O)c2ccc(OC)cc2)cc1. The topological polar surface area (TPSA) is 52.6 Å². The van der Waals surface area contributed by atoms with Crippen LogP contribution in [0, 0.1) is 0 Å². The van der Waals surface area contributed by atoms with Gasteiger partial charge in [-0.25, -0.2) is 8.42 Å². The summed E-state index contributed by atoms with van der Waals surface area (Å²) in [5.41, 5.74) is 0. The van der Waals surface area contributed by atoms with Crippen LogP contribution in [0.25, 0.3) is 0 Å². The first kappa shape index (κ1) is 16.1. The quantitative estimate of drug-likeness (QED) is 0.744. The lowest BCUT2D eigenvalue weighted by atomic mass is 10.3. The van der Waals surface area contributed by atoms with E-state index in [1.807, 2.05) is 12.1 Å². The van der Waals surface area contributed by atoms with E-state index < -0.39 is 8.87 Å². The highest BCUT2D eigenvalue weighted by atomic mass is 33.5. The van der Waals surface area contributed by atoms with Crippen molar-refractivity contribution < 1.29 is 17.9 Å². The summed E-state index contributed by atoms with van der Waals surface area (Å²) in [6, 6.07) is 13.6. The largest absolute Gasteiger partial charge is 0.497 e. The fourth-order valence-corrected chi connectivity index (χ4v) is 6.09. The summed E-state index contributed by atoms with van der Waals surface area (Å²) in [5, 5.41) is 0. The Hall–Kier alpha value is -1.31. The van der Waals surface area contributed by atoms with E-state index in [0.717, 1.165) is 20.5 Å². The van der Waals surface area contributed by atoms with Crippen molar-refractivity contribution in [2.45, 2.75) is 9.79 Å². The van der Waals surface area contributed by atoms with E-state index in [-0.39, 0.29) is 4.90 Å². The Balaban J connectivity index is 2.05. The summed E-state index contributed by atoms with van der Waals surface area (Å²) in [4.78, 5) is 1.10. The molecule has 4 nitrogen and oxygen atoms in total. The molecule has 0 aromatic heterocycles. The van der Waals surface area contributed by atoms with E-state index in [1.54, 1.807) is 31.4 Å². The normalized spacial score (nSPS) is 11.1. The maximum absolute atomic E-state index is 12.2. The first-order chi connectivity index (χ1) is 10.0. The second-order valence-corrected chi connectivity index (χ2v) is 9.56. The Morgan fingerprint density at radius 1 is 0.810 bits per heavy atom. The van der Waals surface area contributed by atoms with Gasteiger partial charge in [-0.15, -0.1) is 0 Å². The standard InChI is InChI=1S/C14H14O4S3/c1-17-11-3-7-13(8-4-11)19-20-21(15,16)14-9-5-12(18-2)6-10-14/h3-10H,1-2H3. The van der Waals surface area contributed by atoms with Crippen LogP contribution in [0.1, 0.15) is 0 Å². The van der Waals surface area contributed by atoms with Gasteiger partial charge in [0.1, 0.15) is 11.5 Å². The van der Waals surface area contributed by atoms with Gasteiger partial charge in [-0.3, -0.25) is 0 Å². The lowest BCUT2D eigenvalue weighted by Gasteiger charge is -2.05. The van der Waals surface area contributed by atoms with E-state index in [4.69, 9.17) is 9.47 Å². The van der Waals surface area contributed by atoms with Crippen molar-refractivity contribution >= 4 is 29.5 Å². The third-order valence-corrected chi connectivity index (χ3v) is 8.31. The van der Waals surface area contributed by atoms with Crippen molar-refractivity contribution in [3.63, 3.8) is 0 Å². The zero-order valence-corrected chi connectivity index (χ0v) is 13.9. The third kappa shape index (κ3) is 4.33. The van der Waals surface area contributed by atoms with Crippen LogP contribution in [0.3, 0.4) is 0 Å². The predicted molar refractivity (Wildman–Crippen MR) is 86.6 cm³/mol. The first-order valence-electron chi connectivity index (χ1n) is 5.94. The van der Waals surface area contributed by atoms with Crippen LogP contribution in [0.15, 0.2) is 58.3 Å². The Morgan fingerprint density at radius 2 is 1.29 bits per heavy atom. The van der Waals surface area contributed by atoms with E-state index in [9.17, 15) is 8.42 Å². The molecule has 0 aliphatic heterocycles. The van der Waals surface area contributed by atoms with Crippen molar-refractivity contribution in [2.75, 3.05) is 14.2 Å². The van der Waals surface area contributed by atoms with Gasteiger partial charge in [0, 0.05) is 14.7 Å². The molecule has 0 saturated carbocycles. The molecule has 112 valence electrons. The molecule has 0 aliphatic rings. The van der Waals surface area contributed by atoms with Crippen LogP contribution in [0.5, 0.6) is 11.5 Å². The molecule has 0 atom stereocenters. The van der Waals surface area contributed by atoms with E-state index in [0.29, 0.717) is 5.75 Å². The lowest BCUT2D eigenvalue weighted by Crippen LogP contribution is -1.93. The number of hydrogen-bond donors (Lipinski definition) is 0. The maximum Gasteiger partial charge on any atom is 0.240 e. The van der Waals surface area contributed by atoms with Crippen molar-refractivity contribution in [1.82, 2.24) is 0 Å². The minimum atomic E-state index is -3.41. The van der Waals surface area contributed by atoms with Gasteiger partial charge in [0.2, 0.25) is 8.87 Å². The zero-order chi connectivity index (χ0) is 15.3. The Kier molecular flexibility index (Phi) is 5.44. The van der Waals surface area contributed by atoms with Crippen molar-refractivity contribution in [1.29, 1.82) is 0 Å². The molecule has 2 aromatic carbocycles. The van der Waals surface area contributed by atoms with Gasteiger partial charge in [0.05, 0.1) is 19.1 Å². The molecule has 0 heterocycles. The van der Waals surface area contributed by atoms with Gasteiger partial charge in [-0.05, 0) is 59.3 Å². The smallest absolute Gasteiger partial charge is 0.240 e. The van der Waals surface area contributed by atoms with E-state index in [2.05, 4.69) is 0 Å². The van der Waals surface area contributed by atoms with Gasteiger partial charge in [-0.2, -0.15) is 0 Å². The minimum absolute atomic E-state index is 0.259. The molecular formula is C14H14O4S3. The van der Waals surface area contributed by atoms with Crippen LogP contribution < -0.4 is 9.47 Å². The van der Waals surface area contributed by atoms with Gasteiger partial charge in [0.25, 0.3) is 0 Å². The van der Waals surface area contributed by atoms with Crippen LogP contribution in [-0.2, 0) is 8.87 Å². The Bertz CT molecular complexity index is 679. The molecule has 7 heteroatoms. The number of rotatable bonds is 6. The molecule has 0 N–H and O–H groups in total. The Labute approximate surface area is 131 Å². The molecule has 0 radical (unpaired) electrons. The fourth-order valence-electron chi connectivity index (χ4n) is 1.50. The molecule has 21 heavy (non-hydrogen) atoms. The first-order valence-corrected chi connectivity index (χ1v) is 10.1. The predicted octanol–water partition coefficient (Wildman–Crippen LogP) is 3.83. The van der Waals surface area contributed by atoms with E-state index in [1.165, 1.54) is 30.0 Å². The Morgan fingerprint density at radius 3 is 1.76 bits per heavy atom. The highest BCUT2D eigenvalue weighted by molar-refractivity contribution is 9.06. The van der Waals surface area contributed by atoms with Gasteiger partial charge < -0.3 is 9.47 Å². The second kappa shape index (κ2) is 7.11. The molecule has 2 rings (SSSR count). The average Bonchev–Trinajstić information content (AvgIpc) is 2.53. The van der Waals surface area contributed by atoms with Crippen LogP contribution in [0.2, 0.25) is 0 Å². The van der Waals surface area contributed by atoms with Crippen LogP contribution in [0.4, 0.5) is 0 Å². The molecule has 0 spiro atoms. The fraction of sp³-hybridized carbons (Fsp3) is 0.143. The molecule has 2 aromatic rings. The number of hydrogen-bond acceptors (Lipinski definition) is 6. The summed E-state index contributed by atoms with van der Waals surface area (Å²) >= 11 is 0. The molecule has 0 amide bonds. The third-order valence-electron chi connectivity index (χ3n) is 2.63.